The molecule has 39 heavy (non-hydrogen) atoms. The number of rotatable bonds is 3. The lowest BCUT2D eigenvalue weighted by molar-refractivity contribution is -0.240. The van der Waals surface area contributed by atoms with Crippen molar-refractivity contribution in [3.63, 3.8) is 0 Å². The average molecular weight is 537 g/mol. The minimum absolute atomic E-state index is 0.0943. The second-order valence-electron chi connectivity index (χ2n) is 9.51. The molecule has 2 fully saturated rings. The Labute approximate surface area is 225 Å². The molecule has 204 valence electrons. The van der Waals surface area contributed by atoms with Crippen LogP contribution in [0, 0.1) is 17.8 Å². The zero-order valence-electron chi connectivity index (χ0n) is 22.0. The van der Waals surface area contributed by atoms with Crippen LogP contribution in [0.3, 0.4) is 0 Å². The van der Waals surface area contributed by atoms with E-state index in [0.717, 1.165) is 0 Å². The van der Waals surface area contributed by atoms with Crippen molar-refractivity contribution in [2.75, 3.05) is 0 Å². The molecule has 0 bridgehead atoms. The van der Waals surface area contributed by atoms with Crippen LogP contribution in [0.4, 0.5) is 0 Å². The van der Waals surface area contributed by atoms with E-state index >= 15 is 0 Å². The lowest BCUT2D eigenvalue weighted by Crippen LogP contribution is -2.48. The molecule has 0 aliphatic carbocycles. The summed E-state index contributed by atoms with van der Waals surface area (Å²) in [4.78, 5) is 47.6. The zero-order valence-corrected chi connectivity index (χ0v) is 22.0. The number of phenolic OH excluding ortho intramolecular Hbond substituents is 2. The number of benzene rings is 2. The molecule has 2 heterocycles. The van der Waals surface area contributed by atoms with E-state index in [0.29, 0.717) is 11.1 Å². The second kappa shape index (κ2) is 11.3. The molecular formula is C29H28O10. The highest BCUT2D eigenvalue weighted by molar-refractivity contribution is 6.18. The van der Waals surface area contributed by atoms with E-state index in [1.54, 1.807) is 31.2 Å². The molecule has 0 radical (unpaired) electrons. The molecule has 2 N–H and O–H groups in total. The number of hydrogen-bond acceptors (Lipinski definition) is 10. The van der Waals surface area contributed by atoms with Gasteiger partial charge in [-0.2, -0.15) is 0 Å². The van der Waals surface area contributed by atoms with Crippen LogP contribution in [0.25, 0.3) is 6.08 Å². The largest absolute Gasteiger partial charge is 0.508 e. The first-order valence-corrected chi connectivity index (χ1v) is 11.9. The molecule has 10 heteroatoms. The van der Waals surface area contributed by atoms with Gasteiger partial charge < -0.3 is 29.2 Å². The van der Waals surface area contributed by atoms with Gasteiger partial charge in [-0.15, -0.1) is 5.92 Å². The summed E-state index contributed by atoms with van der Waals surface area (Å²) in [5.74, 6) is -1.29. The van der Waals surface area contributed by atoms with Crippen molar-refractivity contribution in [1.29, 1.82) is 0 Å². The third-order valence-corrected chi connectivity index (χ3v) is 5.41. The molecule has 2 aromatic carbocycles. The summed E-state index contributed by atoms with van der Waals surface area (Å²) >= 11 is 0. The number of ether oxygens (including phenoxy) is 4. The monoisotopic (exact) mass is 536 g/mol. The van der Waals surface area contributed by atoms with E-state index in [9.17, 15) is 24.3 Å². The second-order valence-corrected chi connectivity index (χ2v) is 9.51. The Morgan fingerprint density at radius 1 is 0.744 bits per heavy atom. The molecule has 0 amide bonds. The third kappa shape index (κ3) is 7.38. The van der Waals surface area contributed by atoms with Crippen molar-refractivity contribution < 1.29 is 48.3 Å². The maximum Gasteiger partial charge on any atom is 0.348 e. The maximum atomic E-state index is 12.1. The molecule has 2 aromatic rings. The molecule has 1 atom stereocenters. The topological polar surface area (TPSA) is 146 Å². The number of aromatic hydroxyl groups is 2. The van der Waals surface area contributed by atoms with Gasteiger partial charge in [-0.25, -0.2) is 9.59 Å². The highest BCUT2D eigenvalue weighted by Gasteiger charge is 2.47. The van der Waals surface area contributed by atoms with E-state index < -0.39 is 47.3 Å². The van der Waals surface area contributed by atoms with E-state index in [2.05, 4.69) is 11.8 Å². The van der Waals surface area contributed by atoms with E-state index in [1.807, 2.05) is 0 Å². The van der Waals surface area contributed by atoms with Gasteiger partial charge >= 0.3 is 23.9 Å². The molecule has 2 saturated heterocycles. The first kappa shape index (κ1) is 28.8. The van der Waals surface area contributed by atoms with Gasteiger partial charge in [0.2, 0.25) is 0 Å². The Morgan fingerprint density at radius 2 is 1.18 bits per heavy atom. The van der Waals surface area contributed by atoms with Gasteiger partial charge in [0.25, 0.3) is 11.6 Å². The number of phenols is 2. The predicted molar refractivity (Wildman–Crippen MR) is 136 cm³/mol. The fourth-order valence-corrected chi connectivity index (χ4v) is 3.71. The molecule has 10 nitrogen and oxygen atoms in total. The summed E-state index contributed by atoms with van der Waals surface area (Å²) in [6.45, 7) is 7.59. The number of hydrogen-bond donors (Lipinski definition) is 2. The molecule has 1 unspecified atom stereocenters. The highest BCUT2D eigenvalue weighted by Crippen LogP contribution is 2.33. The van der Waals surface area contributed by atoms with Crippen LogP contribution in [0.1, 0.15) is 51.7 Å². The van der Waals surface area contributed by atoms with Gasteiger partial charge in [0.05, 0.1) is 5.92 Å². The van der Waals surface area contributed by atoms with Crippen LogP contribution >= 0.6 is 0 Å². The van der Waals surface area contributed by atoms with Crippen molar-refractivity contribution in [2.45, 2.75) is 52.1 Å². The lowest BCUT2D eigenvalue weighted by Gasteiger charge is -2.34. The number of esters is 4. The highest BCUT2D eigenvalue weighted by atomic mass is 16.7. The quantitative estimate of drug-likeness (QED) is 0.196. The Hall–Kier alpha value is -4.78. The van der Waals surface area contributed by atoms with Crippen LogP contribution in [0.5, 0.6) is 11.5 Å². The molecule has 0 spiro atoms. The normalized spacial score (nSPS) is 18.5. The zero-order chi connectivity index (χ0) is 29.0. The van der Waals surface area contributed by atoms with Crippen molar-refractivity contribution in [3.05, 3.63) is 65.2 Å². The summed E-state index contributed by atoms with van der Waals surface area (Å²) in [6.07, 6.45) is 1.36. The fourth-order valence-electron chi connectivity index (χ4n) is 3.71. The van der Waals surface area contributed by atoms with E-state index in [-0.39, 0.29) is 17.1 Å². The Balaban J connectivity index is 0.000000218. The first-order chi connectivity index (χ1) is 18.2. The van der Waals surface area contributed by atoms with Crippen LogP contribution in [0.2, 0.25) is 0 Å². The number of cyclic esters (lactones) is 4. The van der Waals surface area contributed by atoms with Gasteiger partial charge in [0.1, 0.15) is 17.1 Å². The smallest absolute Gasteiger partial charge is 0.348 e. The maximum absolute atomic E-state index is 12.1. The van der Waals surface area contributed by atoms with Crippen LogP contribution in [0.15, 0.2) is 54.1 Å². The summed E-state index contributed by atoms with van der Waals surface area (Å²) in [7, 11) is 0. The van der Waals surface area contributed by atoms with Crippen molar-refractivity contribution in [3.8, 4) is 23.3 Å². The molecule has 0 aromatic heterocycles. The van der Waals surface area contributed by atoms with Crippen LogP contribution < -0.4 is 0 Å². The molecular weight excluding hydrogens is 508 g/mol. The Kier molecular flexibility index (Phi) is 8.35. The number of carbonyl (C=O) groups is 4. The minimum Gasteiger partial charge on any atom is -0.508 e. The fraction of sp³-hybridized carbons (Fsp3) is 0.310. The summed E-state index contributed by atoms with van der Waals surface area (Å²) in [5.41, 5.74) is 1.07. The van der Waals surface area contributed by atoms with Gasteiger partial charge in [-0.1, -0.05) is 30.2 Å². The van der Waals surface area contributed by atoms with Gasteiger partial charge in [0, 0.05) is 27.7 Å². The summed E-state index contributed by atoms with van der Waals surface area (Å²) < 4.78 is 20.2. The molecule has 4 rings (SSSR count). The van der Waals surface area contributed by atoms with Gasteiger partial charge in [0.15, 0.2) is 5.92 Å². The summed E-state index contributed by atoms with van der Waals surface area (Å²) in [5, 5.41) is 18.5. The summed E-state index contributed by atoms with van der Waals surface area (Å²) in [6, 6.07) is 12.2. The van der Waals surface area contributed by atoms with Gasteiger partial charge in [-0.05, 0) is 48.4 Å². The third-order valence-electron chi connectivity index (χ3n) is 5.41. The molecule has 2 aliphatic rings. The van der Waals surface area contributed by atoms with Gasteiger partial charge in [-0.3, -0.25) is 9.59 Å². The standard InChI is InChI=1S/C16H16O5.C13H12O5/c1-4-5-12(10-6-8-11(17)9-7-10)13-14(18)20-16(2,3)21-15(13)19;1-13(2)17-11(15)10(12(16)18-13)7-8-3-5-9(14)6-4-8/h6-9,12-13,17H,1-3H3;3-7,14H,1-2H3. The Bertz CT molecular complexity index is 1310. The van der Waals surface area contributed by atoms with E-state index in [4.69, 9.17) is 24.1 Å². The van der Waals surface area contributed by atoms with Crippen molar-refractivity contribution in [2.24, 2.45) is 5.92 Å². The van der Waals surface area contributed by atoms with Crippen molar-refractivity contribution >= 4 is 30.0 Å². The average Bonchev–Trinajstić information content (AvgIpc) is 2.81. The van der Waals surface area contributed by atoms with Crippen LogP contribution in [-0.2, 0) is 38.1 Å². The first-order valence-electron chi connectivity index (χ1n) is 11.9. The molecule has 0 saturated carbocycles. The minimum atomic E-state index is -1.26. The van der Waals surface area contributed by atoms with Crippen LogP contribution in [-0.4, -0.2) is 45.7 Å². The molecule has 2 aliphatic heterocycles. The van der Waals surface area contributed by atoms with E-state index in [1.165, 1.54) is 58.0 Å². The SMILES string of the molecule is CC#CC(c1ccc(O)cc1)C1C(=O)OC(C)(C)OC1=O.CC1(C)OC(=O)C(=Cc2ccc(O)cc2)C(=O)O1. The number of carbonyl (C=O) groups excluding carboxylic acids is 4. The Morgan fingerprint density at radius 3 is 1.64 bits per heavy atom. The van der Waals surface area contributed by atoms with Crippen molar-refractivity contribution in [1.82, 2.24) is 0 Å². The predicted octanol–water partition coefficient (Wildman–Crippen LogP) is 3.56. The lowest BCUT2D eigenvalue weighted by atomic mass is 9.85.